The molecule has 1 aromatic carbocycles. The van der Waals surface area contributed by atoms with Crippen molar-refractivity contribution in [1.82, 2.24) is 15.1 Å². The van der Waals surface area contributed by atoms with Gasteiger partial charge >= 0.3 is 0 Å². The van der Waals surface area contributed by atoms with Gasteiger partial charge in [-0.1, -0.05) is 18.6 Å². The van der Waals surface area contributed by atoms with Crippen LogP contribution in [-0.4, -0.2) is 22.2 Å². The van der Waals surface area contributed by atoms with Crippen molar-refractivity contribution in [2.75, 3.05) is 6.54 Å². The van der Waals surface area contributed by atoms with E-state index in [1.807, 2.05) is 36.5 Å². The molecule has 0 spiro atoms. The summed E-state index contributed by atoms with van der Waals surface area (Å²) < 4.78 is 1.74. The van der Waals surface area contributed by atoms with Crippen LogP contribution in [0.1, 0.15) is 42.5 Å². The third-order valence-corrected chi connectivity index (χ3v) is 5.59. The van der Waals surface area contributed by atoms with E-state index in [0.29, 0.717) is 5.56 Å². The highest BCUT2D eigenvalue weighted by Crippen LogP contribution is 2.49. The van der Waals surface area contributed by atoms with Crippen molar-refractivity contribution in [1.29, 1.82) is 0 Å². The van der Waals surface area contributed by atoms with Crippen LogP contribution in [-0.2, 0) is 0 Å². The number of carbonyl (C=O) groups excluding carboxylic acids is 1. The monoisotopic (exact) mass is 309 g/mol. The fourth-order valence-corrected chi connectivity index (χ4v) is 4.47. The predicted octanol–water partition coefficient (Wildman–Crippen LogP) is 3.43. The Hall–Kier alpha value is -2.10. The van der Waals surface area contributed by atoms with E-state index in [-0.39, 0.29) is 5.91 Å². The fraction of sp³-hybridized carbons (Fsp3) is 0.474. The molecule has 2 fully saturated rings. The largest absolute Gasteiger partial charge is 0.352 e. The molecule has 0 radical (unpaired) electrons. The van der Waals surface area contributed by atoms with Crippen LogP contribution in [0.3, 0.4) is 0 Å². The Morgan fingerprint density at radius 3 is 2.87 bits per heavy atom. The van der Waals surface area contributed by atoms with Crippen molar-refractivity contribution in [3.8, 4) is 5.69 Å². The van der Waals surface area contributed by atoms with Crippen LogP contribution in [0.2, 0.25) is 0 Å². The molecule has 2 aliphatic rings. The first kappa shape index (κ1) is 14.5. The average molecular weight is 309 g/mol. The van der Waals surface area contributed by atoms with E-state index < -0.39 is 0 Å². The van der Waals surface area contributed by atoms with Crippen molar-refractivity contribution in [3.05, 3.63) is 48.3 Å². The number of nitrogens with zero attached hydrogens (tertiary/aromatic N) is 2. The van der Waals surface area contributed by atoms with Crippen molar-refractivity contribution in [3.63, 3.8) is 0 Å². The van der Waals surface area contributed by atoms with E-state index in [1.54, 1.807) is 10.9 Å². The quantitative estimate of drug-likeness (QED) is 0.920. The van der Waals surface area contributed by atoms with Crippen LogP contribution in [0.15, 0.2) is 42.7 Å². The van der Waals surface area contributed by atoms with Crippen LogP contribution >= 0.6 is 0 Å². The summed E-state index contributed by atoms with van der Waals surface area (Å²) >= 11 is 0. The summed E-state index contributed by atoms with van der Waals surface area (Å²) in [5.74, 6) is 2.73. The smallest absolute Gasteiger partial charge is 0.253 e. The van der Waals surface area contributed by atoms with Gasteiger partial charge in [0.1, 0.15) is 0 Å². The number of hydrogen-bond donors (Lipinski definition) is 1. The standard InChI is InChI=1S/C19H23N3O/c23-19(20-10-8-16-13-14-6-7-15(16)12-14)17-4-1-2-5-18(17)22-11-3-9-21-22/h1-5,9,11,14-16H,6-8,10,12-13H2,(H,20,23). The van der Waals surface area contributed by atoms with Crippen LogP contribution in [0, 0.1) is 17.8 Å². The molecule has 3 unspecified atom stereocenters. The number of fused-ring (bicyclic) bond motifs is 2. The van der Waals surface area contributed by atoms with Gasteiger partial charge in [0.2, 0.25) is 0 Å². The zero-order valence-corrected chi connectivity index (χ0v) is 13.3. The van der Waals surface area contributed by atoms with Gasteiger partial charge in [-0.05, 0) is 61.6 Å². The van der Waals surface area contributed by atoms with Gasteiger partial charge in [-0.2, -0.15) is 5.10 Å². The molecule has 23 heavy (non-hydrogen) atoms. The second-order valence-electron chi connectivity index (χ2n) is 6.95. The zero-order valence-electron chi connectivity index (χ0n) is 13.3. The Bertz CT molecular complexity index is 680. The van der Waals surface area contributed by atoms with E-state index in [1.165, 1.54) is 25.7 Å². The van der Waals surface area contributed by atoms with Crippen molar-refractivity contribution in [2.45, 2.75) is 32.1 Å². The van der Waals surface area contributed by atoms with Gasteiger partial charge in [0.25, 0.3) is 5.91 Å². The summed E-state index contributed by atoms with van der Waals surface area (Å²) in [6.45, 7) is 0.778. The Kier molecular flexibility index (Phi) is 3.90. The van der Waals surface area contributed by atoms with Gasteiger partial charge < -0.3 is 5.32 Å². The molecule has 2 aliphatic carbocycles. The molecule has 0 saturated heterocycles. The Balaban J connectivity index is 1.38. The molecule has 120 valence electrons. The summed E-state index contributed by atoms with van der Waals surface area (Å²) in [4.78, 5) is 12.5. The molecule has 0 aliphatic heterocycles. The first-order chi connectivity index (χ1) is 11.3. The maximum atomic E-state index is 12.5. The molecule has 4 rings (SSSR count). The number of nitrogens with one attached hydrogen (secondary N) is 1. The number of amides is 1. The molecule has 2 bridgehead atoms. The summed E-state index contributed by atoms with van der Waals surface area (Å²) in [7, 11) is 0. The van der Waals surface area contributed by atoms with Crippen LogP contribution in [0.5, 0.6) is 0 Å². The van der Waals surface area contributed by atoms with Gasteiger partial charge in [0.05, 0.1) is 11.3 Å². The second kappa shape index (κ2) is 6.19. The van der Waals surface area contributed by atoms with Crippen molar-refractivity contribution >= 4 is 5.91 Å². The first-order valence-corrected chi connectivity index (χ1v) is 8.68. The van der Waals surface area contributed by atoms with E-state index >= 15 is 0 Å². The number of carbonyl (C=O) groups is 1. The summed E-state index contributed by atoms with van der Waals surface area (Å²) in [5.41, 5.74) is 1.51. The van der Waals surface area contributed by atoms with Crippen LogP contribution in [0.4, 0.5) is 0 Å². The van der Waals surface area contributed by atoms with Gasteiger partial charge in [0, 0.05) is 18.9 Å². The van der Waals surface area contributed by atoms with Gasteiger partial charge in [-0.25, -0.2) is 4.68 Å². The van der Waals surface area contributed by atoms with E-state index in [9.17, 15) is 4.79 Å². The lowest BCUT2D eigenvalue weighted by Crippen LogP contribution is -2.28. The maximum absolute atomic E-state index is 12.5. The third kappa shape index (κ3) is 2.90. The minimum Gasteiger partial charge on any atom is -0.352 e. The van der Waals surface area contributed by atoms with E-state index in [2.05, 4.69) is 10.4 Å². The number of rotatable bonds is 5. The Morgan fingerprint density at radius 1 is 1.22 bits per heavy atom. The van der Waals surface area contributed by atoms with E-state index in [0.717, 1.165) is 36.4 Å². The minimum atomic E-state index is -0.000689. The lowest BCUT2D eigenvalue weighted by Gasteiger charge is -2.21. The average Bonchev–Trinajstić information content (AvgIpc) is 3.32. The highest BCUT2D eigenvalue weighted by Gasteiger charge is 2.38. The molecule has 1 N–H and O–H groups in total. The highest BCUT2D eigenvalue weighted by molar-refractivity contribution is 5.97. The molecule has 1 heterocycles. The normalized spacial score (nSPS) is 25.7. The SMILES string of the molecule is O=C(NCCC1CC2CCC1C2)c1ccccc1-n1cccn1. The lowest BCUT2D eigenvalue weighted by atomic mass is 9.86. The minimum absolute atomic E-state index is 0.000689. The zero-order chi connectivity index (χ0) is 15.6. The van der Waals surface area contributed by atoms with E-state index in [4.69, 9.17) is 0 Å². The molecule has 2 aromatic rings. The molecular weight excluding hydrogens is 286 g/mol. The van der Waals surface area contributed by atoms with Gasteiger partial charge in [0.15, 0.2) is 0 Å². The maximum Gasteiger partial charge on any atom is 0.253 e. The molecule has 2 saturated carbocycles. The predicted molar refractivity (Wildman–Crippen MR) is 89.5 cm³/mol. The van der Waals surface area contributed by atoms with Crippen LogP contribution < -0.4 is 5.32 Å². The third-order valence-electron chi connectivity index (χ3n) is 5.59. The number of para-hydroxylation sites is 1. The molecule has 3 atom stereocenters. The second-order valence-corrected chi connectivity index (χ2v) is 6.95. The summed E-state index contributed by atoms with van der Waals surface area (Å²) in [6.07, 6.45) is 10.4. The first-order valence-electron chi connectivity index (χ1n) is 8.68. The molecular formula is C19H23N3O. The summed E-state index contributed by atoms with van der Waals surface area (Å²) in [6, 6.07) is 9.49. The van der Waals surface area contributed by atoms with Crippen LogP contribution in [0.25, 0.3) is 5.69 Å². The molecule has 1 aromatic heterocycles. The number of aromatic nitrogens is 2. The van der Waals surface area contributed by atoms with Gasteiger partial charge in [-0.15, -0.1) is 0 Å². The number of benzene rings is 1. The van der Waals surface area contributed by atoms with Crippen molar-refractivity contribution in [2.24, 2.45) is 17.8 Å². The fourth-order valence-electron chi connectivity index (χ4n) is 4.47. The molecule has 4 nitrogen and oxygen atoms in total. The lowest BCUT2D eigenvalue weighted by molar-refractivity contribution is 0.0949. The van der Waals surface area contributed by atoms with Crippen molar-refractivity contribution < 1.29 is 4.79 Å². The van der Waals surface area contributed by atoms with Gasteiger partial charge in [-0.3, -0.25) is 4.79 Å². The topological polar surface area (TPSA) is 46.9 Å². The summed E-state index contributed by atoms with van der Waals surface area (Å²) in [5, 5.41) is 7.34. The molecule has 4 heteroatoms. The molecule has 1 amide bonds. The Morgan fingerprint density at radius 2 is 2.13 bits per heavy atom. The number of hydrogen-bond acceptors (Lipinski definition) is 2. The Labute approximate surface area is 136 Å². The highest BCUT2D eigenvalue weighted by atomic mass is 16.1.